The van der Waals surface area contributed by atoms with Crippen LogP contribution in [0.2, 0.25) is 5.02 Å². The summed E-state index contributed by atoms with van der Waals surface area (Å²) in [6, 6.07) is 11.0. The molecule has 0 bridgehead atoms. The highest BCUT2D eigenvalue weighted by Crippen LogP contribution is 2.13. The Kier molecular flexibility index (Phi) is 3.96. The predicted octanol–water partition coefficient (Wildman–Crippen LogP) is 4.39. The van der Waals surface area contributed by atoms with Crippen molar-refractivity contribution >= 4 is 40.6 Å². The lowest BCUT2D eigenvalue weighted by atomic mass is 10.3. The molecule has 0 saturated carbocycles. The number of furan rings is 1. The van der Waals surface area contributed by atoms with Gasteiger partial charge in [0.2, 0.25) is 0 Å². The van der Waals surface area contributed by atoms with Crippen molar-refractivity contribution in [2.24, 2.45) is 0 Å². The molecule has 1 aromatic heterocycles. The molecule has 1 aromatic carbocycles. The van der Waals surface area contributed by atoms with Gasteiger partial charge in [-0.05, 0) is 48.6 Å². The highest BCUT2D eigenvalue weighted by Gasteiger charge is 1.95. The zero-order valence-electron chi connectivity index (χ0n) is 8.89. The zero-order valence-corrected chi connectivity index (χ0v) is 10.5. The Balaban J connectivity index is 1.95. The Morgan fingerprint density at radius 3 is 2.65 bits per heavy atom. The van der Waals surface area contributed by atoms with Crippen LogP contribution in [0.15, 0.2) is 53.2 Å². The van der Waals surface area contributed by atoms with E-state index in [1.807, 2.05) is 42.5 Å². The van der Waals surface area contributed by atoms with Gasteiger partial charge in [0.25, 0.3) is 0 Å². The lowest BCUT2D eigenvalue weighted by Gasteiger charge is -2.03. The lowest BCUT2D eigenvalue weighted by molar-refractivity contribution is 0.557. The normalized spacial score (nSPS) is 10.6. The van der Waals surface area contributed by atoms with Crippen LogP contribution in [-0.2, 0) is 0 Å². The maximum Gasteiger partial charge on any atom is 0.126 e. The van der Waals surface area contributed by atoms with Crippen LogP contribution in [0, 0.1) is 0 Å². The molecule has 17 heavy (non-hydrogen) atoms. The highest BCUT2D eigenvalue weighted by atomic mass is 35.5. The van der Waals surface area contributed by atoms with Crippen molar-refractivity contribution in [3.63, 3.8) is 0 Å². The molecule has 2 aromatic rings. The summed E-state index contributed by atoms with van der Waals surface area (Å²) in [6.07, 6.45) is 5.21. The van der Waals surface area contributed by atoms with Crippen molar-refractivity contribution < 1.29 is 4.42 Å². The lowest BCUT2D eigenvalue weighted by Crippen LogP contribution is -2.04. The fourth-order valence-electron chi connectivity index (χ4n) is 1.26. The molecule has 1 N–H and O–H groups in total. The van der Waals surface area contributed by atoms with Crippen LogP contribution in [0.5, 0.6) is 0 Å². The molecule has 0 spiro atoms. The van der Waals surface area contributed by atoms with E-state index in [2.05, 4.69) is 5.32 Å². The molecule has 0 radical (unpaired) electrons. The molecule has 0 saturated heterocycles. The second-order valence-electron chi connectivity index (χ2n) is 3.34. The molecular formula is C13H10ClNOS. The molecular weight excluding hydrogens is 254 g/mol. The minimum Gasteiger partial charge on any atom is -0.465 e. The van der Waals surface area contributed by atoms with Gasteiger partial charge in [-0.1, -0.05) is 23.8 Å². The smallest absolute Gasteiger partial charge is 0.126 e. The van der Waals surface area contributed by atoms with E-state index in [9.17, 15) is 0 Å². The molecule has 0 atom stereocenters. The van der Waals surface area contributed by atoms with Gasteiger partial charge in [-0.25, -0.2) is 0 Å². The van der Waals surface area contributed by atoms with Gasteiger partial charge in [0.1, 0.15) is 10.7 Å². The summed E-state index contributed by atoms with van der Waals surface area (Å²) < 4.78 is 5.16. The van der Waals surface area contributed by atoms with Crippen LogP contribution in [-0.4, -0.2) is 4.99 Å². The number of benzene rings is 1. The highest BCUT2D eigenvalue weighted by molar-refractivity contribution is 7.81. The monoisotopic (exact) mass is 263 g/mol. The average Bonchev–Trinajstić information content (AvgIpc) is 2.83. The number of hydrogen-bond acceptors (Lipinski definition) is 2. The minimum atomic E-state index is 0.615. The topological polar surface area (TPSA) is 25.2 Å². The quantitative estimate of drug-likeness (QED) is 0.657. The van der Waals surface area contributed by atoms with Gasteiger partial charge in [0, 0.05) is 10.7 Å². The fraction of sp³-hybridized carbons (Fsp3) is 0. The fourth-order valence-corrected chi connectivity index (χ4v) is 1.57. The number of nitrogens with one attached hydrogen (secondary N) is 1. The molecule has 1 heterocycles. The second kappa shape index (κ2) is 5.66. The Labute approximate surface area is 110 Å². The third kappa shape index (κ3) is 3.73. The Morgan fingerprint density at radius 1 is 1.24 bits per heavy atom. The predicted molar refractivity (Wildman–Crippen MR) is 75.4 cm³/mol. The van der Waals surface area contributed by atoms with Crippen LogP contribution < -0.4 is 5.32 Å². The van der Waals surface area contributed by atoms with Gasteiger partial charge in [0.05, 0.1) is 6.26 Å². The van der Waals surface area contributed by atoms with E-state index < -0.39 is 0 Å². The molecule has 0 aliphatic rings. The molecule has 4 heteroatoms. The first-order chi connectivity index (χ1) is 8.24. The van der Waals surface area contributed by atoms with E-state index in [1.165, 1.54) is 0 Å². The zero-order chi connectivity index (χ0) is 12.1. The van der Waals surface area contributed by atoms with Gasteiger partial charge in [-0.3, -0.25) is 0 Å². The van der Waals surface area contributed by atoms with Crippen molar-refractivity contribution in [1.29, 1.82) is 0 Å². The largest absolute Gasteiger partial charge is 0.465 e. The number of anilines is 1. The molecule has 0 aliphatic carbocycles. The van der Waals surface area contributed by atoms with Crippen LogP contribution in [0.3, 0.4) is 0 Å². The SMILES string of the molecule is S=C(C=Cc1ccco1)Nc1ccc(Cl)cc1. The molecule has 0 aliphatic heterocycles. The third-order valence-electron chi connectivity index (χ3n) is 2.05. The van der Waals surface area contributed by atoms with E-state index in [-0.39, 0.29) is 0 Å². The molecule has 86 valence electrons. The first-order valence-electron chi connectivity index (χ1n) is 5.02. The van der Waals surface area contributed by atoms with Gasteiger partial charge < -0.3 is 9.73 Å². The average molecular weight is 264 g/mol. The van der Waals surface area contributed by atoms with Crippen molar-refractivity contribution in [2.75, 3.05) is 5.32 Å². The van der Waals surface area contributed by atoms with Crippen LogP contribution in [0.25, 0.3) is 6.08 Å². The Bertz CT molecular complexity index is 517. The van der Waals surface area contributed by atoms with Crippen molar-refractivity contribution in [3.05, 3.63) is 59.5 Å². The summed E-state index contributed by atoms with van der Waals surface area (Å²) in [5.41, 5.74) is 0.906. The van der Waals surface area contributed by atoms with Crippen molar-refractivity contribution in [1.82, 2.24) is 0 Å². The van der Waals surface area contributed by atoms with Crippen molar-refractivity contribution in [3.8, 4) is 0 Å². The van der Waals surface area contributed by atoms with E-state index in [0.717, 1.165) is 11.4 Å². The number of halogens is 1. The minimum absolute atomic E-state index is 0.615. The molecule has 2 nitrogen and oxygen atoms in total. The van der Waals surface area contributed by atoms with Crippen molar-refractivity contribution in [2.45, 2.75) is 0 Å². The van der Waals surface area contributed by atoms with Gasteiger partial charge >= 0.3 is 0 Å². The summed E-state index contributed by atoms with van der Waals surface area (Å²) in [5, 5.41) is 3.78. The summed E-state index contributed by atoms with van der Waals surface area (Å²) in [4.78, 5) is 0.615. The van der Waals surface area contributed by atoms with Gasteiger partial charge in [0.15, 0.2) is 0 Å². The number of thiocarbonyl (C=S) groups is 1. The van der Waals surface area contributed by atoms with E-state index in [0.29, 0.717) is 10.0 Å². The van der Waals surface area contributed by atoms with Gasteiger partial charge in [-0.15, -0.1) is 0 Å². The van der Waals surface area contributed by atoms with Crippen LogP contribution >= 0.6 is 23.8 Å². The van der Waals surface area contributed by atoms with Crippen LogP contribution in [0.4, 0.5) is 5.69 Å². The number of hydrogen-bond donors (Lipinski definition) is 1. The first kappa shape index (κ1) is 11.9. The van der Waals surface area contributed by atoms with E-state index in [4.69, 9.17) is 28.2 Å². The summed E-state index contributed by atoms with van der Waals surface area (Å²) >= 11 is 11.0. The Morgan fingerprint density at radius 2 is 2.00 bits per heavy atom. The summed E-state index contributed by atoms with van der Waals surface area (Å²) in [6.45, 7) is 0. The molecule has 0 amide bonds. The second-order valence-corrected chi connectivity index (χ2v) is 4.22. The first-order valence-corrected chi connectivity index (χ1v) is 5.81. The van der Waals surface area contributed by atoms with Gasteiger partial charge in [-0.2, -0.15) is 0 Å². The summed E-state index contributed by atoms with van der Waals surface area (Å²) in [7, 11) is 0. The van der Waals surface area contributed by atoms with E-state index >= 15 is 0 Å². The molecule has 0 unspecified atom stereocenters. The Hall–Kier alpha value is -1.58. The maximum atomic E-state index is 5.79. The summed E-state index contributed by atoms with van der Waals surface area (Å²) in [5.74, 6) is 0.769. The maximum absolute atomic E-state index is 5.79. The third-order valence-corrected chi connectivity index (χ3v) is 2.54. The van der Waals surface area contributed by atoms with Crippen LogP contribution in [0.1, 0.15) is 5.76 Å². The van der Waals surface area contributed by atoms with E-state index in [1.54, 1.807) is 12.3 Å². The number of rotatable bonds is 3. The standard InChI is InChI=1S/C13H10ClNOS/c14-10-3-5-11(6-4-10)15-13(17)8-7-12-2-1-9-16-12/h1-9H,(H,15,17). The molecule has 0 fully saturated rings. The molecule has 2 rings (SSSR count).